The van der Waals surface area contributed by atoms with E-state index in [0.29, 0.717) is 18.2 Å². The molecule has 2 amide bonds. The number of amides is 2. The standard InChI is InChI=1S/C30H35N5O2/c1-20(2)17-18-31-30(37)29(24-15-13-21(3)14-16-24)35(26-12-8-9-22(4)23(26)5)28(36)19-34-27-11-7-6-10-25(27)32-33-34/h6-16,20,29H,17-19H2,1-5H3,(H,31,37)/t29-/m1/s1. The average Bonchev–Trinajstić information content (AvgIpc) is 3.27. The molecule has 0 aliphatic carbocycles. The Morgan fingerprint density at radius 3 is 2.41 bits per heavy atom. The van der Waals surface area contributed by atoms with Gasteiger partial charge in [0.1, 0.15) is 18.1 Å². The van der Waals surface area contributed by atoms with Crippen molar-refractivity contribution in [3.05, 3.63) is 89.0 Å². The Morgan fingerprint density at radius 2 is 1.68 bits per heavy atom. The van der Waals surface area contributed by atoms with Gasteiger partial charge in [0.2, 0.25) is 11.8 Å². The van der Waals surface area contributed by atoms with Crippen LogP contribution in [-0.4, -0.2) is 33.4 Å². The van der Waals surface area contributed by atoms with Crippen LogP contribution in [0.4, 0.5) is 5.69 Å². The quantitative estimate of drug-likeness (QED) is 0.341. The molecule has 1 atom stereocenters. The molecule has 0 fully saturated rings. The van der Waals surface area contributed by atoms with Gasteiger partial charge in [-0.2, -0.15) is 0 Å². The molecule has 0 saturated heterocycles. The monoisotopic (exact) mass is 497 g/mol. The minimum absolute atomic E-state index is 0.0461. The lowest BCUT2D eigenvalue weighted by molar-refractivity contribution is -0.127. The number of hydrogen-bond acceptors (Lipinski definition) is 4. The van der Waals surface area contributed by atoms with E-state index in [1.807, 2.05) is 87.5 Å². The van der Waals surface area contributed by atoms with Gasteiger partial charge in [0.05, 0.1) is 5.52 Å². The van der Waals surface area contributed by atoms with Crippen molar-refractivity contribution in [2.24, 2.45) is 5.92 Å². The molecule has 1 heterocycles. The summed E-state index contributed by atoms with van der Waals surface area (Å²) < 4.78 is 1.60. The molecule has 7 nitrogen and oxygen atoms in total. The first-order valence-corrected chi connectivity index (χ1v) is 12.8. The van der Waals surface area contributed by atoms with Crippen LogP contribution in [0.3, 0.4) is 0 Å². The topological polar surface area (TPSA) is 80.1 Å². The zero-order chi connectivity index (χ0) is 26.5. The number of para-hydroxylation sites is 1. The molecule has 4 aromatic rings. The number of aryl methyl sites for hydroxylation is 2. The fourth-order valence-corrected chi connectivity index (χ4v) is 4.40. The summed E-state index contributed by atoms with van der Waals surface area (Å²) in [5.74, 6) is 0.00613. The number of nitrogens with zero attached hydrogens (tertiary/aromatic N) is 4. The van der Waals surface area contributed by atoms with E-state index in [0.717, 1.165) is 39.7 Å². The van der Waals surface area contributed by atoms with Crippen molar-refractivity contribution in [1.29, 1.82) is 0 Å². The minimum atomic E-state index is -0.837. The second kappa shape index (κ2) is 11.4. The van der Waals surface area contributed by atoms with Crippen LogP contribution in [0.1, 0.15) is 48.6 Å². The third-order valence-electron chi connectivity index (χ3n) is 6.73. The number of carbonyl (C=O) groups excluding carboxylic acids is 2. The lowest BCUT2D eigenvalue weighted by Crippen LogP contribution is -2.46. The molecule has 7 heteroatoms. The zero-order valence-electron chi connectivity index (χ0n) is 22.2. The number of aromatic nitrogens is 3. The lowest BCUT2D eigenvalue weighted by Gasteiger charge is -2.33. The van der Waals surface area contributed by atoms with Crippen molar-refractivity contribution < 1.29 is 9.59 Å². The summed E-state index contributed by atoms with van der Waals surface area (Å²) in [6.45, 7) is 10.7. The lowest BCUT2D eigenvalue weighted by atomic mass is 9.99. The third-order valence-corrected chi connectivity index (χ3v) is 6.73. The van der Waals surface area contributed by atoms with Crippen molar-refractivity contribution in [3.63, 3.8) is 0 Å². The van der Waals surface area contributed by atoms with Crippen LogP contribution in [0, 0.1) is 26.7 Å². The van der Waals surface area contributed by atoms with Gasteiger partial charge in [0.25, 0.3) is 0 Å². The Hall–Kier alpha value is -4.00. The van der Waals surface area contributed by atoms with E-state index in [-0.39, 0.29) is 18.4 Å². The van der Waals surface area contributed by atoms with Gasteiger partial charge in [-0.1, -0.05) is 73.2 Å². The SMILES string of the molecule is Cc1ccc([C@H](C(=O)NCCC(C)C)N(C(=O)Cn2nnc3ccccc32)c2cccc(C)c2C)cc1. The van der Waals surface area contributed by atoms with E-state index in [2.05, 4.69) is 29.5 Å². The van der Waals surface area contributed by atoms with Crippen LogP contribution in [0.15, 0.2) is 66.7 Å². The van der Waals surface area contributed by atoms with Crippen LogP contribution in [0.25, 0.3) is 11.0 Å². The van der Waals surface area contributed by atoms with Crippen molar-refractivity contribution in [1.82, 2.24) is 20.3 Å². The summed E-state index contributed by atoms with van der Waals surface area (Å²) in [4.78, 5) is 29.6. The molecule has 0 spiro atoms. The van der Waals surface area contributed by atoms with E-state index in [9.17, 15) is 9.59 Å². The van der Waals surface area contributed by atoms with Crippen molar-refractivity contribution >= 4 is 28.5 Å². The maximum atomic E-state index is 14.1. The summed E-state index contributed by atoms with van der Waals surface area (Å²) >= 11 is 0. The zero-order valence-corrected chi connectivity index (χ0v) is 22.2. The molecule has 0 saturated carbocycles. The fraction of sp³-hybridized carbons (Fsp3) is 0.333. The van der Waals surface area contributed by atoms with Crippen LogP contribution < -0.4 is 10.2 Å². The molecule has 4 rings (SSSR count). The highest BCUT2D eigenvalue weighted by Gasteiger charge is 2.34. The largest absolute Gasteiger partial charge is 0.354 e. The predicted octanol–water partition coefficient (Wildman–Crippen LogP) is 5.29. The Morgan fingerprint density at radius 1 is 0.946 bits per heavy atom. The Kier molecular flexibility index (Phi) is 8.01. The molecule has 192 valence electrons. The van der Waals surface area contributed by atoms with E-state index in [1.54, 1.807) is 9.58 Å². The minimum Gasteiger partial charge on any atom is -0.354 e. The molecule has 3 aromatic carbocycles. The van der Waals surface area contributed by atoms with Gasteiger partial charge in [-0.3, -0.25) is 14.5 Å². The summed E-state index contributed by atoms with van der Waals surface area (Å²) in [5.41, 5.74) is 6.03. The number of fused-ring (bicyclic) bond motifs is 1. The number of benzene rings is 3. The fourth-order valence-electron chi connectivity index (χ4n) is 4.40. The van der Waals surface area contributed by atoms with Crippen molar-refractivity contribution in [3.8, 4) is 0 Å². The van der Waals surface area contributed by atoms with Gasteiger partial charge in [-0.15, -0.1) is 5.10 Å². The highest BCUT2D eigenvalue weighted by molar-refractivity contribution is 6.02. The van der Waals surface area contributed by atoms with Crippen LogP contribution in [0.5, 0.6) is 0 Å². The molecule has 0 bridgehead atoms. The van der Waals surface area contributed by atoms with Gasteiger partial charge < -0.3 is 5.32 Å². The van der Waals surface area contributed by atoms with E-state index >= 15 is 0 Å². The van der Waals surface area contributed by atoms with Crippen molar-refractivity contribution in [2.45, 2.75) is 53.6 Å². The normalized spacial score (nSPS) is 12.1. The van der Waals surface area contributed by atoms with Gasteiger partial charge in [-0.25, -0.2) is 4.68 Å². The molecule has 1 aromatic heterocycles. The number of nitrogens with one attached hydrogen (secondary N) is 1. The van der Waals surface area contributed by atoms with E-state index in [1.165, 1.54) is 0 Å². The number of hydrogen-bond donors (Lipinski definition) is 1. The molecule has 0 aliphatic heterocycles. The summed E-state index contributed by atoms with van der Waals surface area (Å²) in [6, 6.07) is 20.3. The van der Waals surface area contributed by atoms with Crippen LogP contribution in [-0.2, 0) is 16.1 Å². The highest BCUT2D eigenvalue weighted by atomic mass is 16.2. The first-order chi connectivity index (χ1) is 17.8. The summed E-state index contributed by atoms with van der Waals surface area (Å²) in [6.07, 6.45) is 0.856. The van der Waals surface area contributed by atoms with E-state index < -0.39 is 6.04 Å². The van der Waals surface area contributed by atoms with Crippen LogP contribution in [0.2, 0.25) is 0 Å². The molecule has 0 radical (unpaired) electrons. The third kappa shape index (κ3) is 5.88. The molecule has 37 heavy (non-hydrogen) atoms. The number of rotatable bonds is 9. The second-order valence-corrected chi connectivity index (χ2v) is 10.0. The van der Waals surface area contributed by atoms with Crippen LogP contribution >= 0.6 is 0 Å². The predicted molar refractivity (Wildman–Crippen MR) is 147 cm³/mol. The number of carbonyl (C=O) groups is 2. The maximum Gasteiger partial charge on any atom is 0.249 e. The first kappa shape index (κ1) is 26.1. The van der Waals surface area contributed by atoms with Gasteiger partial charge in [0, 0.05) is 12.2 Å². The summed E-state index contributed by atoms with van der Waals surface area (Å²) in [5, 5.41) is 11.5. The average molecular weight is 498 g/mol. The van der Waals surface area contributed by atoms with Crippen molar-refractivity contribution in [2.75, 3.05) is 11.4 Å². The smallest absolute Gasteiger partial charge is 0.249 e. The molecule has 1 N–H and O–H groups in total. The van der Waals surface area contributed by atoms with Gasteiger partial charge in [-0.05, 0) is 68.0 Å². The molecular weight excluding hydrogens is 462 g/mol. The molecular formula is C30H35N5O2. The Labute approximate surface area is 218 Å². The summed E-state index contributed by atoms with van der Waals surface area (Å²) in [7, 11) is 0. The highest BCUT2D eigenvalue weighted by Crippen LogP contribution is 2.32. The number of anilines is 1. The Bertz CT molecular complexity index is 1390. The van der Waals surface area contributed by atoms with Gasteiger partial charge >= 0.3 is 0 Å². The maximum absolute atomic E-state index is 14.1. The first-order valence-electron chi connectivity index (χ1n) is 12.8. The Balaban J connectivity index is 1.80. The van der Waals surface area contributed by atoms with Gasteiger partial charge in [0.15, 0.2) is 0 Å². The second-order valence-electron chi connectivity index (χ2n) is 10.0. The molecule has 0 unspecified atom stereocenters. The molecule has 0 aliphatic rings. The van der Waals surface area contributed by atoms with E-state index in [4.69, 9.17) is 0 Å².